The van der Waals surface area contributed by atoms with Crippen molar-refractivity contribution in [3.05, 3.63) is 64.7 Å². The third-order valence-corrected chi connectivity index (χ3v) is 5.76. The van der Waals surface area contributed by atoms with Crippen LogP contribution in [0.4, 0.5) is 5.69 Å². The number of carbonyl (C=O) groups is 1. The van der Waals surface area contributed by atoms with Crippen LogP contribution in [0.15, 0.2) is 48.5 Å². The lowest BCUT2D eigenvalue weighted by Gasteiger charge is -2.41. The first-order valence-electron chi connectivity index (χ1n) is 8.37. The van der Waals surface area contributed by atoms with Gasteiger partial charge in [0, 0.05) is 42.5 Å². The van der Waals surface area contributed by atoms with Crippen LogP contribution < -0.4 is 10.4 Å². The summed E-state index contributed by atoms with van der Waals surface area (Å²) in [6.45, 7) is 2.31. The van der Waals surface area contributed by atoms with Crippen LogP contribution in [0.25, 0.3) is 0 Å². The van der Waals surface area contributed by atoms with Crippen LogP contribution in [-0.2, 0) is 11.1 Å². The van der Waals surface area contributed by atoms with Crippen molar-refractivity contribution in [1.82, 2.24) is 10.4 Å². The van der Waals surface area contributed by atoms with E-state index in [1.54, 1.807) is 23.7 Å². The summed E-state index contributed by atoms with van der Waals surface area (Å²) >= 11 is 3.46. The maximum atomic E-state index is 12.0. The van der Waals surface area contributed by atoms with Crippen molar-refractivity contribution in [2.45, 2.75) is 5.37 Å². The highest BCUT2D eigenvalue weighted by atomic mass is 35.5. The van der Waals surface area contributed by atoms with Crippen LogP contribution in [-0.4, -0.2) is 51.0 Å². The average Bonchev–Trinajstić information content (AvgIpc) is 2.69. The van der Waals surface area contributed by atoms with E-state index >= 15 is 0 Å². The topological polar surface area (TPSA) is 95.9 Å². The zero-order chi connectivity index (χ0) is 19.4. The highest BCUT2D eigenvalue weighted by Gasteiger charge is 2.28. The minimum Gasteiger partial charge on any atom is -0.771 e. The number of nitrogens with zero attached hydrogens (tertiary/aromatic N) is 2. The maximum absolute atomic E-state index is 12.0. The number of halogens is 1. The number of nitrogens with one attached hydrogen (secondary N) is 1. The van der Waals surface area contributed by atoms with Crippen LogP contribution in [0.5, 0.6) is 0 Å². The van der Waals surface area contributed by atoms with E-state index in [1.165, 1.54) is 6.07 Å². The molecule has 0 radical (unpaired) electrons. The molecule has 2 N–H and O–H groups in total. The number of benzene rings is 2. The first-order valence-corrected chi connectivity index (χ1v) is 9.89. The van der Waals surface area contributed by atoms with Gasteiger partial charge in [0.2, 0.25) is 0 Å². The van der Waals surface area contributed by atoms with Crippen LogP contribution in [0.1, 0.15) is 21.3 Å². The third-order valence-electron chi connectivity index (χ3n) is 4.59. The fourth-order valence-electron chi connectivity index (χ4n) is 3.27. The lowest BCUT2D eigenvalue weighted by Crippen LogP contribution is -2.48. The Labute approximate surface area is 164 Å². The molecule has 1 aliphatic heterocycles. The highest BCUT2D eigenvalue weighted by Crippen LogP contribution is 2.29. The number of rotatable bonds is 5. The first kappa shape index (κ1) is 19.8. The summed E-state index contributed by atoms with van der Waals surface area (Å²) in [6, 6.07) is 13.9. The van der Waals surface area contributed by atoms with Crippen LogP contribution in [0.2, 0.25) is 5.02 Å². The van der Waals surface area contributed by atoms with Gasteiger partial charge in [0.15, 0.2) is 0 Å². The highest BCUT2D eigenvalue weighted by molar-refractivity contribution is 7.79. The average molecular weight is 409 g/mol. The van der Waals surface area contributed by atoms with Gasteiger partial charge in [-0.2, -0.15) is 0 Å². The molecule has 7 nitrogen and oxygen atoms in total. The molecule has 2 aromatic rings. The van der Waals surface area contributed by atoms with Gasteiger partial charge in [-0.05, 0) is 47.0 Å². The normalized spacial score (nSPS) is 17.4. The van der Waals surface area contributed by atoms with Crippen molar-refractivity contribution >= 4 is 34.3 Å². The molecule has 2 atom stereocenters. The largest absolute Gasteiger partial charge is 0.771 e. The summed E-state index contributed by atoms with van der Waals surface area (Å²) in [5.41, 5.74) is 3.08. The number of carbonyl (C=O) groups excluding carboxylic acids is 1. The summed E-state index contributed by atoms with van der Waals surface area (Å²) in [5, 5.41) is 8.64. The predicted octanol–water partition coefficient (Wildman–Crippen LogP) is 2.16. The second kappa shape index (κ2) is 8.81. The van der Waals surface area contributed by atoms with Gasteiger partial charge in [-0.25, -0.2) is 5.48 Å². The van der Waals surface area contributed by atoms with Crippen molar-refractivity contribution in [2.75, 3.05) is 31.1 Å². The molecule has 0 aromatic heterocycles. The quantitative estimate of drug-likeness (QED) is 0.447. The second-order valence-corrected chi connectivity index (χ2v) is 7.54. The Balaban J connectivity index is 1.79. The minimum atomic E-state index is -2.46. The molecule has 2 unspecified atom stereocenters. The summed E-state index contributed by atoms with van der Waals surface area (Å²) < 4.78 is 24.0. The fraction of sp³-hybridized carbons (Fsp3) is 0.278. The number of hydrogen-bond donors (Lipinski definition) is 2. The molecule has 0 aliphatic carbocycles. The molecule has 27 heavy (non-hydrogen) atoms. The molecule has 9 heteroatoms. The van der Waals surface area contributed by atoms with Gasteiger partial charge in [-0.15, -0.1) is 0 Å². The lowest BCUT2D eigenvalue weighted by molar-refractivity contribution is 0.0703. The molecule has 1 fully saturated rings. The van der Waals surface area contributed by atoms with Crippen molar-refractivity contribution in [3.63, 3.8) is 0 Å². The predicted molar refractivity (Wildman–Crippen MR) is 103 cm³/mol. The Morgan fingerprint density at radius 3 is 2.33 bits per heavy atom. The number of piperazine rings is 1. The monoisotopic (exact) mass is 408 g/mol. The molecule has 0 bridgehead atoms. The maximum Gasteiger partial charge on any atom is 0.275 e. The van der Waals surface area contributed by atoms with E-state index in [0.29, 0.717) is 36.8 Å². The summed E-state index contributed by atoms with van der Waals surface area (Å²) in [7, 11) is 0. The molecule has 1 saturated heterocycles. The molecular formula is C18H19ClN3O4S-. The Hall–Kier alpha value is -1.97. The number of hydroxylamine groups is 1. The molecule has 144 valence electrons. The van der Waals surface area contributed by atoms with Crippen molar-refractivity contribution in [1.29, 1.82) is 0 Å². The molecule has 1 amide bonds. The van der Waals surface area contributed by atoms with Crippen LogP contribution in [0.3, 0.4) is 0 Å². The van der Waals surface area contributed by atoms with E-state index in [4.69, 9.17) is 16.8 Å². The van der Waals surface area contributed by atoms with Gasteiger partial charge < -0.3 is 9.45 Å². The second-order valence-electron chi connectivity index (χ2n) is 6.14. The van der Waals surface area contributed by atoms with E-state index in [2.05, 4.69) is 4.90 Å². The summed E-state index contributed by atoms with van der Waals surface area (Å²) in [6.07, 6.45) is 0. The van der Waals surface area contributed by atoms with Gasteiger partial charge in [-0.1, -0.05) is 29.8 Å². The van der Waals surface area contributed by atoms with Crippen molar-refractivity contribution in [3.8, 4) is 0 Å². The number of anilines is 1. The third kappa shape index (κ3) is 4.48. The molecule has 1 aliphatic rings. The smallest absolute Gasteiger partial charge is 0.275 e. The van der Waals surface area contributed by atoms with Gasteiger partial charge in [0.05, 0.1) is 5.37 Å². The Morgan fingerprint density at radius 2 is 1.74 bits per heavy atom. The first-order chi connectivity index (χ1) is 13.0. The van der Waals surface area contributed by atoms with E-state index in [1.807, 2.05) is 29.2 Å². The standard InChI is InChI=1S/C18H20ClN3O4S/c19-13-5-7-14(8-6-13)21-9-11-22(12-10-21)18(27(25)26)16-4-2-1-3-15(16)17(23)20-24/h1-8,18,24H,9-12H2,(H,20,23)(H,25,26)/p-1. The van der Waals surface area contributed by atoms with E-state index in [9.17, 15) is 13.6 Å². The molecule has 1 heterocycles. The Bertz CT molecular complexity index is 826. The Morgan fingerprint density at radius 1 is 1.11 bits per heavy atom. The zero-order valence-corrected chi connectivity index (χ0v) is 15.9. The van der Waals surface area contributed by atoms with E-state index in [-0.39, 0.29) is 5.56 Å². The number of hydrogen-bond acceptors (Lipinski definition) is 6. The molecule has 0 saturated carbocycles. The minimum absolute atomic E-state index is 0.134. The summed E-state index contributed by atoms with van der Waals surface area (Å²) in [4.78, 5) is 15.9. The molecule has 0 spiro atoms. The van der Waals surface area contributed by atoms with Gasteiger partial charge in [0.25, 0.3) is 5.91 Å². The van der Waals surface area contributed by atoms with E-state index in [0.717, 1.165) is 5.69 Å². The Kier molecular flexibility index (Phi) is 6.46. The number of amides is 1. The van der Waals surface area contributed by atoms with Crippen molar-refractivity contribution in [2.24, 2.45) is 0 Å². The molecule has 3 rings (SSSR count). The molecule has 2 aromatic carbocycles. The van der Waals surface area contributed by atoms with Gasteiger partial charge >= 0.3 is 0 Å². The fourth-order valence-corrected chi connectivity index (χ4v) is 4.26. The van der Waals surface area contributed by atoms with Gasteiger partial charge in [-0.3, -0.25) is 19.1 Å². The van der Waals surface area contributed by atoms with Gasteiger partial charge in [0.1, 0.15) is 0 Å². The zero-order valence-electron chi connectivity index (χ0n) is 14.4. The molecular weight excluding hydrogens is 390 g/mol. The van der Waals surface area contributed by atoms with Crippen LogP contribution in [0, 0.1) is 0 Å². The lowest BCUT2D eigenvalue weighted by atomic mass is 10.1. The van der Waals surface area contributed by atoms with Crippen molar-refractivity contribution < 1.29 is 18.8 Å². The van der Waals surface area contributed by atoms with E-state index < -0.39 is 22.4 Å². The van der Waals surface area contributed by atoms with Crippen LogP contribution >= 0.6 is 11.6 Å². The summed E-state index contributed by atoms with van der Waals surface area (Å²) in [5.74, 6) is -0.735. The SMILES string of the molecule is O=C(NO)c1ccccc1C(N1CCN(c2ccc(Cl)cc2)CC1)S(=O)[O-].